The van der Waals surface area contributed by atoms with Gasteiger partial charge in [-0.25, -0.2) is 4.39 Å². The molecule has 3 aromatic heterocycles. The number of aryl methyl sites for hydroxylation is 1. The first-order valence-corrected chi connectivity index (χ1v) is 7.94. The van der Waals surface area contributed by atoms with Crippen LogP contribution in [-0.2, 0) is 13.5 Å². The van der Waals surface area contributed by atoms with Gasteiger partial charge >= 0.3 is 0 Å². The van der Waals surface area contributed by atoms with E-state index in [-0.39, 0.29) is 5.82 Å². The minimum Gasteiger partial charge on any atom is -0.264 e. The fourth-order valence-electron chi connectivity index (χ4n) is 2.30. The highest BCUT2D eigenvalue weighted by molar-refractivity contribution is 7.19. The van der Waals surface area contributed by atoms with Crippen LogP contribution in [0.4, 0.5) is 4.39 Å². The number of nitrogens with zero attached hydrogens (tertiary/aromatic N) is 6. The van der Waals surface area contributed by atoms with E-state index in [1.54, 1.807) is 27.5 Å². The highest BCUT2D eigenvalue weighted by Gasteiger charge is 2.18. The monoisotopic (exact) mass is 348 g/mol. The average molecular weight is 349 g/mol. The Morgan fingerprint density at radius 2 is 2.00 bits per heavy atom. The lowest BCUT2D eigenvalue weighted by Crippen LogP contribution is -1.99. The minimum absolute atomic E-state index is 0.262. The van der Waals surface area contributed by atoms with Crippen LogP contribution in [0.15, 0.2) is 30.5 Å². The third-order valence-corrected chi connectivity index (χ3v) is 4.61. The third kappa shape index (κ3) is 2.49. The van der Waals surface area contributed by atoms with Gasteiger partial charge in [-0.1, -0.05) is 35.1 Å². The molecular formula is C14H10ClFN6S. The molecule has 9 heteroatoms. The van der Waals surface area contributed by atoms with E-state index in [0.717, 1.165) is 16.3 Å². The SMILES string of the molecule is Cn1ncc(Cl)c1-c1nn2c(Cc3ccc(F)cc3)nnc2s1. The predicted octanol–water partition coefficient (Wildman–Crippen LogP) is 2.97. The van der Waals surface area contributed by atoms with E-state index in [9.17, 15) is 4.39 Å². The second-order valence-corrected chi connectivity index (χ2v) is 6.35. The molecule has 0 aliphatic heterocycles. The second kappa shape index (κ2) is 5.39. The van der Waals surface area contributed by atoms with Crippen molar-refractivity contribution in [1.82, 2.24) is 29.6 Å². The molecule has 0 bridgehead atoms. The third-order valence-electron chi connectivity index (χ3n) is 3.43. The van der Waals surface area contributed by atoms with Gasteiger partial charge in [-0.3, -0.25) is 4.68 Å². The molecule has 0 fully saturated rings. The van der Waals surface area contributed by atoms with Crippen LogP contribution in [0.3, 0.4) is 0 Å². The van der Waals surface area contributed by atoms with Crippen LogP contribution < -0.4 is 0 Å². The second-order valence-electron chi connectivity index (χ2n) is 4.99. The van der Waals surface area contributed by atoms with Crippen molar-refractivity contribution in [2.75, 3.05) is 0 Å². The zero-order chi connectivity index (χ0) is 16.0. The Balaban J connectivity index is 1.73. The Morgan fingerprint density at radius 1 is 1.22 bits per heavy atom. The number of hydrogen-bond donors (Lipinski definition) is 0. The average Bonchev–Trinajstić information content (AvgIpc) is 3.18. The molecule has 0 radical (unpaired) electrons. The fourth-order valence-corrected chi connectivity index (χ4v) is 3.56. The van der Waals surface area contributed by atoms with Crippen LogP contribution in [0.5, 0.6) is 0 Å². The molecule has 0 aliphatic carbocycles. The molecule has 0 saturated carbocycles. The van der Waals surface area contributed by atoms with Gasteiger partial charge < -0.3 is 0 Å². The van der Waals surface area contributed by atoms with Crippen molar-refractivity contribution < 1.29 is 4.39 Å². The fraction of sp³-hybridized carbons (Fsp3) is 0.143. The molecule has 4 rings (SSSR count). The number of benzene rings is 1. The van der Waals surface area contributed by atoms with Crippen LogP contribution in [0.2, 0.25) is 5.02 Å². The minimum atomic E-state index is -0.262. The largest absolute Gasteiger partial charge is 0.264 e. The Hall–Kier alpha value is -2.32. The van der Waals surface area contributed by atoms with Crippen molar-refractivity contribution in [2.24, 2.45) is 7.05 Å². The number of fused-ring (bicyclic) bond motifs is 1. The lowest BCUT2D eigenvalue weighted by atomic mass is 10.1. The number of rotatable bonds is 3. The van der Waals surface area contributed by atoms with Gasteiger partial charge in [0.1, 0.15) is 11.5 Å². The van der Waals surface area contributed by atoms with Crippen LogP contribution in [0, 0.1) is 5.82 Å². The summed E-state index contributed by atoms with van der Waals surface area (Å²) in [6.07, 6.45) is 2.10. The van der Waals surface area contributed by atoms with E-state index in [1.165, 1.54) is 23.5 Å². The zero-order valence-corrected chi connectivity index (χ0v) is 13.5. The van der Waals surface area contributed by atoms with Gasteiger partial charge in [0.15, 0.2) is 10.8 Å². The van der Waals surface area contributed by atoms with E-state index in [1.807, 2.05) is 7.05 Å². The van der Waals surface area contributed by atoms with E-state index < -0.39 is 0 Å². The van der Waals surface area contributed by atoms with Crippen molar-refractivity contribution >= 4 is 27.9 Å². The first-order chi connectivity index (χ1) is 11.1. The van der Waals surface area contributed by atoms with Crippen LogP contribution in [0.1, 0.15) is 11.4 Å². The first kappa shape index (κ1) is 14.3. The molecule has 0 atom stereocenters. The number of aromatic nitrogens is 6. The number of hydrogen-bond acceptors (Lipinski definition) is 5. The maximum atomic E-state index is 13.0. The summed E-state index contributed by atoms with van der Waals surface area (Å²) in [5, 5.41) is 18.2. The summed E-state index contributed by atoms with van der Waals surface area (Å²) in [4.78, 5) is 0.675. The Labute approximate surface area is 139 Å². The zero-order valence-electron chi connectivity index (χ0n) is 11.9. The molecular weight excluding hydrogens is 339 g/mol. The lowest BCUT2D eigenvalue weighted by molar-refractivity contribution is 0.627. The normalized spacial score (nSPS) is 11.4. The van der Waals surface area contributed by atoms with Gasteiger partial charge in [-0.05, 0) is 17.7 Å². The number of halogens is 2. The maximum Gasteiger partial charge on any atom is 0.235 e. The van der Waals surface area contributed by atoms with Crippen molar-refractivity contribution in [3.05, 3.63) is 52.7 Å². The molecule has 0 N–H and O–H groups in total. The highest BCUT2D eigenvalue weighted by Crippen LogP contribution is 2.30. The summed E-state index contributed by atoms with van der Waals surface area (Å²) in [5.41, 5.74) is 1.68. The summed E-state index contributed by atoms with van der Waals surface area (Å²) >= 11 is 7.55. The molecule has 23 heavy (non-hydrogen) atoms. The summed E-state index contributed by atoms with van der Waals surface area (Å²) in [6.45, 7) is 0. The van der Waals surface area contributed by atoms with E-state index in [0.29, 0.717) is 22.2 Å². The Kier molecular flexibility index (Phi) is 3.35. The van der Waals surface area contributed by atoms with Gasteiger partial charge in [-0.15, -0.1) is 10.2 Å². The first-order valence-electron chi connectivity index (χ1n) is 6.75. The summed E-state index contributed by atoms with van der Waals surface area (Å²) in [6, 6.07) is 6.30. The van der Waals surface area contributed by atoms with Crippen LogP contribution >= 0.6 is 22.9 Å². The predicted molar refractivity (Wildman–Crippen MR) is 85.1 cm³/mol. The smallest absolute Gasteiger partial charge is 0.235 e. The highest BCUT2D eigenvalue weighted by atomic mass is 35.5. The summed E-state index contributed by atoms with van der Waals surface area (Å²) < 4.78 is 16.4. The summed E-state index contributed by atoms with van der Waals surface area (Å²) in [7, 11) is 1.81. The summed E-state index contributed by atoms with van der Waals surface area (Å²) in [5.74, 6) is 0.425. The molecule has 0 aliphatic rings. The van der Waals surface area contributed by atoms with Crippen LogP contribution in [0.25, 0.3) is 15.7 Å². The molecule has 116 valence electrons. The van der Waals surface area contributed by atoms with Gasteiger partial charge in [0.2, 0.25) is 4.96 Å². The van der Waals surface area contributed by atoms with Crippen LogP contribution in [-0.4, -0.2) is 29.6 Å². The van der Waals surface area contributed by atoms with Gasteiger partial charge in [-0.2, -0.15) is 14.7 Å². The van der Waals surface area contributed by atoms with E-state index in [2.05, 4.69) is 20.4 Å². The Morgan fingerprint density at radius 3 is 2.70 bits per heavy atom. The van der Waals surface area contributed by atoms with E-state index >= 15 is 0 Å². The molecule has 3 heterocycles. The topological polar surface area (TPSA) is 60.9 Å². The maximum absolute atomic E-state index is 13.0. The van der Waals surface area contributed by atoms with E-state index in [4.69, 9.17) is 11.6 Å². The van der Waals surface area contributed by atoms with Crippen molar-refractivity contribution in [2.45, 2.75) is 6.42 Å². The Bertz CT molecular complexity index is 967. The molecule has 1 aromatic carbocycles. The van der Waals surface area contributed by atoms with Gasteiger partial charge in [0.25, 0.3) is 0 Å². The molecule has 0 spiro atoms. The standard InChI is InChI=1S/C14H10ClFN6S/c1-21-12(10(15)7-17-21)13-20-22-11(18-19-14(22)23-13)6-8-2-4-9(16)5-3-8/h2-5,7H,6H2,1H3. The van der Waals surface area contributed by atoms with Crippen molar-refractivity contribution in [3.63, 3.8) is 0 Å². The van der Waals surface area contributed by atoms with Gasteiger partial charge in [0.05, 0.1) is 11.2 Å². The van der Waals surface area contributed by atoms with Crippen molar-refractivity contribution in [3.8, 4) is 10.7 Å². The lowest BCUT2D eigenvalue weighted by Gasteiger charge is -1.99. The van der Waals surface area contributed by atoms with Crippen molar-refractivity contribution in [1.29, 1.82) is 0 Å². The quantitative estimate of drug-likeness (QED) is 0.571. The molecule has 0 saturated heterocycles. The molecule has 6 nitrogen and oxygen atoms in total. The molecule has 0 unspecified atom stereocenters. The molecule has 4 aromatic rings. The van der Waals surface area contributed by atoms with Gasteiger partial charge in [0, 0.05) is 13.5 Å². The molecule has 0 amide bonds.